The third-order valence-corrected chi connectivity index (χ3v) is 3.67. The largest absolute Gasteiger partial charge is 0.334 e. The average Bonchev–Trinajstić information content (AvgIpc) is 3.05. The third-order valence-electron chi connectivity index (χ3n) is 3.42. The molecule has 0 spiro atoms. The van der Waals surface area contributed by atoms with E-state index in [1.807, 2.05) is 30.3 Å². The van der Waals surface area contributed by atoms with E-state index in [0.717, 1.165) is 11.3 Å². The second-order valence-corrected chi connectivity index (χ2v) is 5.59. The zero-order valence-corrected chi connectivity index (χ0v) is 13.3. The Hall–Kier alpha value is -2.66. The van der Waals surface area contributed by atoms with E-state index in [0.29, 0.717) is 23.0 Å². The molecule has 2 aromatic heterocycles. The summed E-state index contributed by atoms with van der Waals surface area (Å²) in [5, 5.41) is 7.65. The molecule has 1 amide bonds. The molecule has 0 saturated heterocycles. The number of rotatable bonds is 4. The number of nitrogens with zero attached hydrogens (tertiary/aromatic N) is 3. The Morgan fingerprint density at radius 1 is 1.22 bits per heavy atom. The van der Waals surface area contributed by atoms with Crippen molar-refractivity contribution in [2.24, 2.45) is 0 Å². The number of hydrogen-bond donors (Lipinski definition) is 1. The number of nitrogens with one attached hydrogen (secondary N) is 1. The Morgan fingerprint density at radius 2 is 2.00 bits per heavy atom. The van der Waals surface area contributed by atoms with Gasteiger partial charge in [0.15, 0.2) is 0 Å². The van der Waals surface area contributed by atoms with Gasteiger partial charge in [-0.05, 0) is 30.3 Å². The first kappa shape index (κ1) is 15.2. The first-order chi connectivity index (χ1) is 11.1. The molecule has 6 heteroatoms. The molecule has 0 atom stereocenters. The van der Waals surface area contributed by atoms with Crippen molar-refractivity contribution in [3.63, 3.8) is 0 Å². The van der Waals surface area contributed by atoms with Crippen LogP contribution in [0.4, 0.5) is 0 Å². The number of aromatic nitrogens is 3. The zero-order valence-electron chi connectivity index (χ0n) is 12.5. The molecular weight excluding hydrogens is 312 g/mol. The second-order valence-electron chi connectivity index (χ2n) is 5.16. The SMILES string of the molecule is CN(Cc1ccccn1)C(=O)c1cc(-c2ccc(Cl)cc2)n[nH]1. The summed E-state index contributed by atoms with van der Waals surface area (Å²) in [6.45, 7) is 0.439. The number of benzene rings is 1. The van der Waals surface area contributed by atoms with E-state index >= 15 is 0 Å². The van der Waals surface area contributed by atoms with Crippen molar-refractivity contribution in [3.8, 4) is 11.3 Å². The number of H-pyrrole nitrogens is 1. The molecule has 23 heavy (non-hydrogen) atoms. The molecule has 0 aliphatic heterocycles. The lowest BCUT2D eigenvalue weighted by molar-refractivity contribution is 0.0777. The number of amides is 1. The molecule has 0 radical (unpaired) electrons. The van der Waals surface area contributed by atoms with Gasteiger partial charge in [-0.1, -0.05) is 29.8 Å². The smallest absolute Gasteiger partial charge is 0.271 e. The van der Waals surface area contributed by atoms with E-state index in [-0.39, 0.29) is 5.91 Å². The number of hydrogen-bond acceptors (Lipinski definition) is 3. The maximum absolute atomic E-state index is 12.5. The van der Waals surface area contributed by atoms with Crippen LogP contribution in [0.3, 0.4) is 0 Å². The van der Waals surface area contributed by atoms with E-state index in [9.17, 15) is 4.79 Å². The van der Waals surface area contributed by atoms with Crippen LogP contribution in [0, 0.1) is 0 Å². The van der Waals surface area contributed by atoms with E-state index in [4.69, 9.17) is 11.6 Å². The Bertz CT molecular complexity index is 799. The molecule has 0 saturated carbocycles. The first-order valence-corrected chi connectivity index (χ1v) is 7.48. The highest BCUT2D eigenvalue weighted by atomic mass is 35.5. The minimum atomic E-state index is -0.136. The fraction of sp³-hybridized carbons (Fsp3) is 0.118. The minimum absolute atomic E-state index is 0.136. The topological polar surface area (TPSA) is 61.9 Å². The lowest BCUT2D eigenvalue weighted by Gasteiger charge is -2.15. The Morgan fingerprint density at radius 3 is 2.70 bits per heavy atom. The highest BCUT2D eigenvalue weighted by Gasteiger charge is 2.16. The van der Waals surface area contributed by atoms with Crippen LogP contribution in [0.2, 0.25) is 5.02 Å². The Balaban J connectivity index is 1.74. The van der Waals surface area contributed by atoms with Crippen LogP contribution in [-0.4, -0.2) is 33.0 Å². The van der Waals surface area contributed by atoms with Gasteiger partial charge in [-0.25, -0.2) is 0 Å². The van der Waals surface area contributed by atoms with Gasteiger partial charge in [0.1, 0.15) is 5.69 Å². The molecule has 5 nitrogen and oxygen atoms in total. The highest BCUT2D eigenvalue weighted by molar-refractivity contribution is 6.30. The summed E-state index contributed by atoms with van der Waals surface area (Å²) >= 11 is 5.88. The van der Waals surface area contributed by atoms with Gasteiger partial charge in [-0.2, -0.15) is 5.10 Å². The van der Waals surface area contributed by atoms with Crippen LogP contribution >= 0.6 is 11.6 Å². The maximum atomic E-state index is 12.5. The van der Waals surface area contributed by atoms with E-state index < -0.39 is 0 Å². The number of halogens is 1. The predicted molar refractivity (Wildman–Crippen MR) is 89.1 cm³/mol. The molecule has 0 fully saturated rings. The summed E-state index contributed by atoms with van der Waals surface area (Å²) in [6.07, 6.45) is 1.71. The van der Waals surface area contributed by atoms with Gasteiger partial charge < -0.3 is 4.90 Å². The van der Waals surface area contributed by atoms with E-state index in [2.05, 4.69) is 15.2 Å². The fourth-order valence-electron chi connectivity index (χ4n) is 2.21. The summed E-state index contributed by atoms with van der Waals surface area (Å²) in [4.78, 5) is 18.3. The lowest BCUT2D eigenvalue weighted by Crippen LogP contribution is -2.26. The highest BCUT2D eigenvalue weighted by Crippen LogP contribution is 2.20. The van der Waals surface area contributed by atoms with Crippen molar-refractivity contribution in [1.29, 1.82) is 0 Å². The summed E-state index contributed by atoms with van der Waals surface area (Å²) in [5.74, 6) is -0.136. The minimum Gasteiger partial charge on any atom is -0.334 e. The van der Waals surface area contributed by atoms with Crippen molar-refractivity contribution < 1.29 is 4.79 Å². The number of aromatic amines is 1. The van der Waals surface area contributed by atoms with Crippen LogP contribution in [0.5, 0.6) is 0 Å². The third kappa shape index (κ3) is 3.57. The maximum Gasteiger partial charge on any atom is 0.271 e. The van der Waals surface area contributed by atoms with E-state index in [1.54, 1.807) is 36.3 Å². The molecule has 116 valence electrons. The van der Waals surface area contributed by atoms with Crippen LogP contribution in [-0.2, 0) is 6.54 Å². The second kappa shape index (κ2) is 6.62. The van der Waals surface area contributed by atoms with E-state index in [1.165, 1.54) is 0 Å². The van der Waals surface area contributed by atoms with Crippen LogP contribution in [0.1, 0.15) is 16.2 Å². The van der Waals surface area contributed by atoms with Crippen LogP contribution in [0.15, 0.2) is 54.7 Å². The molecule has 0 aliphatic carbocycles. The molecule has 3 rings (SSSR count). The summed E-state index contributed by atoms with van der Waals surface area (Å²) in [6, 6.07) is 14.7. The van der Waals surface area contributed by atoms with Crippen molar-refractivity contribution >= 4 is 17.5 Å². The molecule has 1 aromatic carbocycles. The molecule has 0 bridgehead atoms. The van der Waals surface area contributed by atoms with Gasteiger partial charge in [-0.3, -0.25) is 14.9 Å². The molecule has 0 aliphatic rings. The predicted octanol–water partition coefficient (Wildman–Crippen LogP) is 3.40. The van der Waals surface area contributed by atoms with Gasteiger partial charge >= 0.3 is 0 Å². The Labute approximate surface area is 138 Å². The van der Waals surface area contributed by atoms with Gasteiger partial charge in [-0.15, -0.1) is 0 Å². The average molecular weight is 327 g/mol. The quantitative estimate of drug-likeness (QED) is 0.799. The normalized spacial score (nSPS) is 10.5. The summed E-state index contributed by atoms with van der Waals surface area (Å²) < 4.78 is 0. The lowest BCUT2D eigenvalue weighted by atomic mass is 10.1. The van der Waals surface area contributed by atoms with Crippen molar-refractivity contribution in [3.05, 3.63) is 71.1 Å². The summed E-state index contributed by atoms with van der Waals surface area (Å²) in [5.41, 5.74) is 2.88. The molecular formula is C17H15ClN4O. The fourth-order valence-corrected chi connectivity index (χ4v) is 2.34. The number of carbonyl (C=O) groups excluding carboxylic acids is 1. The zero-order chi connectivity index (χ0) is 16.2. The first-order valence-electron chi connectivity index (χ1n) is 7.10. The summed E-state index contributed by atoms with van der Waals surface area (Å²) in [7, 11) is 1.74. The van der Waals surface area contributed by atoms with Crippen LogP contribution in [0.25, 0.3) is 11.3 Å². The van der Waals surface area contributed by atoms with Gasteiger partial charge in [0.25, 0.3) is 5.91 Å². The van der Waals surface area contributed by atoms with Gasteiger partial charge in [0.2, 0.25) is 0 Å². The van der Waals surface area contributed by atoms with Crippen molar-refractivity contribution in [1.82, 2.24) is 20.1 Å². The van der Waals surface area contributed by atoms with Crippen molar-refractivity contribution in [2.45, 2.75) is 6.54 Å². The van der Waals surface area contributed by atoms with Gasteiger partial charge in [0.05, 0.1) is 17.9 Å². The Kier molecular flexibility index (Phi) is 4.39. The monoisotopic (exact) mass is 326 g/mol. The number of carbonyl (C=O) groups is 1. The molecule has 0 unspecified atom stereocenters. The number of pyridine rings is 1. The van der Waals surface area contributed by atoms with Gasteiger partial charge in [0, 0.05) is 23.8 Å². The standard InChI is InChI=1S/C17H15ClN4O/c1-22(11-14-4-2-3-9-19-14)17(23)16-10-15(20-21-16)12-5-7-13(18)8-6-12/h2-10H,11H2,1H3,(H,20,21). The van der Waals surface area contributed by atoms with Crippen molar-refractivity contribution in [2.75, 3.05) is 7.05 Å². The molecule has 3 aromatic rings. The van der Waals surface area contributed by atoms with Crippen LogP contribution < -0.4 is 0 Å². The molecule has 2 heterocycles. The molecule has 1 N–H and O–H groups in total.